The van der Waals surface area contributed by atoms with E-state index in [1.54, 1.807) is 23.9 Å². The molecule has 8 heteroatoms. The molecule has 2 aliphatic heterocycles. The number of anilines is 1. The van der Waals surface area contributed by atoms with E-state index in [1.165, 1.54) is 16.7 Å². The summed E-state index contributed by atoms with van der Waals surface area (Å²) in [5.74, 6) is -0.0775. The fourth-order valence-corrected chi connectivity index (χ4v) is 5.07. The highest BCUT2D eigenvalue weighted by atomic mass is 32.2. The summed E-state index contributed by atoms with van der Waals surface area (Å²) in [6, 6.07) is 19.3. The van der Waals surface area contributed by atoms with E-state index < -0.39 is 0 Å². The van der Waals surface area contributed by atoms with Gasteiger partial charge in [0.05, 0.1) is 23.2 Å². The molecule has 0 radical (unpaired) electrons. The average molecular weight is 464 g/mol. The van der Waals surface area contributed by atoms with Crippen LogP contribution in [0, 0.1) is 16.7 Å². The number of carbonyl (C=O) groups excluding carboxylic acids is 1. The zero-order chi connectivity index (χ0) is 23.1. The third-order valence-corrected chi connectivity index (χ3v) is 7.11. The smallest absolute Gasteiger partial charge is 0.269 e. The summed E-state index contributed by atoms with van der Waals surface area (Å²) in [6.45, 7) is 5.41. The minimum atomic E-state index is -0.0775. The third-order valence-electron chi connectivity index (χ3n) is 4.83. The summed E-state index contributed by atoms with van der Waals surface area (Å²) in [7, 11) is 1.95. The van der Waals surface area contributed by atoms with Gasteiger partial charge in [-0.2, -0.15) is 5.26 Å². The quantitative estimate of drug-likeness (QED) is 0.591. The first kappa shape index (κ1) is 23.5. The van der Waals surface area contributed by atoms with Crippen molar-refractivity contribution >= 4 is 40.3 Å². The van der Waals surface area contributed by atoms with Crippen LogP contribution in [0.5, 0.6) is 0 Å². The molecule has 2 heterocycles. The molecule has 0 saturated carbocycles. The molecule has 1 saturated heterocycles. The predicted octanol–water partition coefficient (Wildman–Crippen LogP) is 5.40. The van der Waals surface area contributed by atoms with Gasteiger partial charge in [0.15, 0.2) is 5.17 Å². The molecule has 0 unspecified atom stereocenters. The Kier molecular flexibility index (Phi) is 8.03. The molecule has 2 aliphatic rings. The Labute approximate surface area is 197 Å². The Bertz CT molecular complexity index is 1090. The van der Waals surface area contributed by atoms with Crippen LogP contribution >= 0.6 is 23.5 Å². The van der Waals surface area contributed by atoms with E-state index >= 15 is 0 Å². The van der Waals surface area contributed by atoms with Crippen molar-refractivity contribution in [3.8, 4) is 6.07 Å². The van der Waals surface area contributed by atoms with Crippen molar-refractivity contribution in [2.75, 3.05) is 18.9 Å². The monoisotopic (exact) mass is 463 g/mol. The van der Waals surface area contributed by atoms with Crippen molar-refractivity contribution in [2.45, 2.75) is 20.4 Å². The normalized spacial score (nSPS) is 17.6. The summed E-state index contributed by atoms with van der Waals surface area (Å²) in [5.41, 5.74) is 3.91. The Morgan fingerprint density at radius 3 is 2.38 bits per heavy atom. The largest absolute Gasteiger partial charge is 0.385 e. The molecule has 2 aromatic rings. The standard InChI is InChI=1S/C15H15N3OS2.C9H10N2/c1-10-9-20-14(17(10)2)12-13(19)18(15(16)21-12)8-11-6-4-3-5-7-11;1-2-11-9-5-3-8(7-10)4-6-9/h3-7,9,16H,8H2,1-2H3;3-6,11H,2H2,1H3/b14-12-,16-15?;. The summed E-state index contributed by atoms with van der Waals surface area (Å²) >= 11 is 2.80. The number of carbonyl (C=O) groups is 1. The van der Waals surface area contributed by atoms with Crippen LogP contribution in [0.4, 0.5) is 5.69 Å². The van der Waals surface area contributed by atoms with Gasteiger partial charge < -0.3 is 10.2 Å². The van der Waals surface area contributed by atoms with Crippen LogP contribution in [0.2, 0.25) is 0 Å². The number of allylic oxidation sites excluding steroid dienone is 1. The maximum atomic E-state index is 12.6. The zero-order valence-corrected chi connectivity index (χ0v) is 19.9. The van der Waals surface area contributed by atoms with Crippen molar-refractivity contribution in [1.29, 1.82) is 10.7 Å². The number of nitrogens with zero attached hydrogens (tertiary/aromatic N) is 3. The molecule has 2 aromatic carbocycles. The lowest BCUT2D eigenvalue weighted by atomic mass is 10.2. The molecule has 164 valence electrons. The van der Waals surface area contributed by atoms with Crippen molar-refractivity contribution < 1.29 is 4.79 Å². The van der Waals surface area contributed by atoms with Crippen LogP contribution in [-0.2, 0) is 11.3 Å². The molecule has 0 bridgehead atoms. The minimum absolute atomic E-state index is 0.0775. The maximum absolute atomic E-state index is 12.6. The number of benzene rings is 2. The van der Waals surface area contributed by atoms with Gasteiger partial charge in [0.1, 0.15) is 4.91 Å². The SMILES string of the molecule is CC1=CS/C(=C2\SC(=N)N(Cc3ccccc3)C2=O)N1C.CCNc1ccc(C#N)cc1. The van der Waals surface area contributed by atoms with Gasteiger partial charge in [0.25, 0.3) is 5.91 Å². The van der Waals surface area contributed by atoms with E-state index in [-0.39, 0.29) is 5.91 Å². The van der Waals surface area contributed by atoms with Crippen molar-refractivity contribution in [3.63, 3.8) is 0 Å². The van der Waals surface area contributed by atoms with E-state index in [4.69, 9.17) is 10.7 Å². The van der Waals surface area contributed by atoms with Crippen LogP contribution in [0.3, 0.4) is 0 Å². The van der Waals surface area contributed by atoms with Gasteiger partial charge in [-0.25, -0.2) is 0 Å². The molecular weight excluding hydrogens is 438 g/mol. The van der Waals surface area contributed by atoms with Gasteiger partial charge in [-0.05, 0) is 60.8 Å². The molecule has 6 nitrogen and oxygen atoms in total. The lowest BCUT2D eigenvalue weighted by molar-refractivity contribution is -0.122. The van der Waals surface area contributed by atoms with Crippen molar-refractivity contribution in [2.24, 2.45) is 0 Å². The molecule has 1 amide bonds. The second-order valence-electron chi connectivity index (χ2n) is 7.07. The highest BCUT2D eigenvalue weighted by Gasteiger charge is 2.36. The van der Waals surface area contributed by atoms with Crippen LogP contribution in [0.1, 0.15) is 25.0 Å². The fraction of sp³-hybridized carbons (Fsp3) is 0.208. The van der Waals surface area contributed by atoms with Gasteiger partial charge in [-0.1, -0.05) is 42.1 Å². The first-order valence-electron chi connectivity index (χ1n) is 10.1. The van der Waals surface area contributed by atoms with E-state index in [0.29, 0.717) is 22.2 Å². The second kappa shape index (κ2) is 10.9. The minimum Gasteiger partial charge on any atom is -0.385 e. The van der Waals surface area contributed by atoms with E-state index in [1.807, 2.05) is 73.7 Å². The second-order valence-corrected chi connectivity index (χ2v) is 8.93. The number of amides is 1. The number of amidine groups is 1. The van der Waals surface area contributed by atoms with Gasteiger partial charge in [-0.3, -0.25) is 15.1 Å². The molecular formula is C24H25N5OS2. The van der Waals surface area contributed by atoms with Gasteiger partial charge in [-0.15, -0.1) is 0 Å². The van der Waals surface area contributed by atoms with Gasteiger partial charge in [0.2, 0.25) is 0 Å². The molecule has 0 aromatic heterocycles. The molecule has 0 atom stereocenters. The lowest BCUT2D eigenvalue weighted by Gasteiger charge is -2.17. The van der Waals surface area contributed by atoms with E-state index in [2.05, 4.69) is 11.4 Å². The Hall–Kier alpha value is -3.15. The van der Waals surface area contributed by atoms with Crippen molar-refractivity contribution in [1.82, 2.24) is 9.80 Å². The predicted molar refractivity (Wildman–Crippen MR) is 134 cm³/mol. The molecule has 2 N–H and O–H groups in total. The molecule has 1 fully saturated rings. The number of nitrogens with one attached hydrogen (secondary N) is 2. The molecule has 4 rings (SSSR count). The highest BCUT2D eigenvalue weighted by molar-refractivity contribution is 8.19. The lowest BCUT2D eigenvalue weighted by Crippen LogP contribution is -2.28. The van der Waals surface area contributed by atoms with Gasteiger partial charge >= 0.3 is 0 Å². The number of hydrogen-bond donors (Lipinski definition) is 2. The number of thioether (sulfide) groups is 2. The fourth-order valence-electron chi connectivity index (χ4n) is 2.99. The Morgan fingerprint density at radius 2 is 1.81 bits per heavy atom. The molecule has 32 heavy (non-hydrogen) atoms. The zero-order valence-electron chi connectivity index (χ0n) is 18.3. The Balaban J connectivity index is 0.000000222. The van der Waals surface area contributed by atoms with Gasteiger partial charge in [0, 0.05) is 25.0 Å². The average Bonchev–Trinajstić information content (AvgIpc) is 3.28. The van der Waals surface area contributed by atoms with Crippen LogP contribution < -0.4 is 5.32 Å². The Morgan fingerprint density at radius 1 is 1.12 bits per heavy atom. The summed E-state index contributed by atoms with van der Waals surface area (Å²) < 4.78 is 0. The molecule has 0 spiro atoms. The van der Waals surface area contributed by atoms with E-state index in [0.717, 1.165) is 28.5 Å². The maximum Gasteiger partial charge on any atom is 0.269 e. The van der Waals surface area contributed by atoms with Crippen molar-refractivity contribution in [3.05, 3.63) is 86.8 Å². The topological polar surface area (TPSA) is 83.2 Å². The number of rotatable bonds is 4. The first-order chi connectivity index (χ1) is 15.4. The summed E-state index contributed by atoms with van der Waals surface area (Å²) in [6.07, 6.45) is 0. The summed E-state index contributed by atoms with van der Waals surface area (Å²) in [4.78, 5) is 16.8. The van der Waals surface area contributed by atoms with Crippen LogP contribution in [0.25, 0.3) is 0 Å². The number of hydrogen-bond acceptors (Lipinski definition) is 7. The highest BCUT2D eigenvalue weighted by Crippen LogP contribution is 2.42. The molecule has 0 aliphatic carbocycles. The number of nitriles is 1. The summed E-state index contributed by atoms with van der Waals surface area (Å²) in [5, 5.41) is 23.0. The van der Waals surface area contributed by atoms with E-state index in [9.17, 15) is 4.79 Å². The third kappa shape index (κ3) is 5.55. The van der Waals surface area contributed by atoms with Crippen LogP contribution in [-0.4, -0.2) is 34.5 Å². The van der Waals surface area contributed by atoms with Crippen LogP contribution in [0.15, 0.2) is 75.6 Å². The first-order valence-corrected chi connectivity index (χ1v) is 11.8.